The van der Waals surface area contributed by atoms with E-state index < -0.39 is 16.1 Å². The summed E-state index contributed by atoms with van der Waals surface area (Å²) in [5.74, 6) is -0.0277. The van der Waals surface area contributed by atoms with Crippen molar-refractivity contribution < 1.29 is 13.2 Å². The van der Waals surface area contributed by atoms with E-state index in [1.54, 1.807) is 6.07 Å². The predicted molar refractivity (Wildman–Crippen MR) is 94.7 cm³/mol. The molecule has 1 aromatic heterocycles. The number of carbonyl (C=O) groups is 1. The highest BCUT2D eigenvalue weighted by atomic mass is 32.2. The summed E-state index contributed by atoms with van der Waals surface area (Å²) in [7, 11) is -3.57. The zero-order chi connectivity index (χ0) is 17.3. The number of sulfonamides is 1. The Labute approximate surface area is 148 Å². The molecule has 2 saturated heterocycles. The first-order chi connectivity index (χ1) is 11.4. The summed E-state index contributed by atoms with van der Waals surface area (Å²) in [6.45, 7) is 8.55. The van der Waals surface area contributed by atoms with Gasteiger partial charge < -0.3 is 9.80 Å². The number of hydrogen-bond acceptors (Lipinski definition) is 5. The molecule has 0 saturated carbocycles. The van der Waals surface area contributed by atoms with E-state index in [9.17, 15) is 13.2 Å². The van der Waals surface area contributed by atoms with Gasteiger partial charge in [-0.05, 0) is 38.4 Å². The number of piperazine rings is 1. The molecule has 0 aromatic carbocycles. The third kappa shape index (κ3) is 3.37. The maximum absolute atomic E-state index is 12.9. The smallest absolute Gasteiger partial charge is 0.253 e. The number of rotatable bonds is 4. The average molecular weight is 372 g/mol. The molecule has 0 N–H and O–H groups in total. The number of aryl methyl sites for hydroxylation is 1. The average Bonchev–Trinajstić information content (AvgIpc) is 3.23. The maximum atomic E-state index is 12.9. The van der Waals surface area contributed by atoms with Gasteiger partial charge in [-0.3, -0.25) is 4.79 Å². The molecule has 3 heterocycles. The number of hydrogen-bond donors (Lipinski definition) is 0. The molecule has 2 aliphatic rings. The van der Waals surface area contributed by atoms with Crippen molar-refractivity contribution in [2.45, 2.75) is 36.9 Å². The zero-order valence-electron chi connectivity index (χ0n) is 14.3. The normalized spacial score (nSPS) is 23.8. The van der Waals surface area contributed by atoms with Gasteiger partial charge in [-0.15, -0.1) is 11.3 Å². The Morgan fingerprint density at radius 2 is 1.92 bits per heavy atom. The van der Waals surface area contributed by atoms with Gasteiger partial charge in [-0.25, -0.2) is 8.42 Å². The molecule has 1 atom stereocenters. The summed E-state index contributed by atoms with van der Waals surface area (Å²) in [5.41, 5.74) is 0. The fourth-order valence-corrected chi connectivity index (χ4v) is 6.50. The van der Waals surface area contributed by atoms with Crippen LogP contribution in [0.3, 0.4) is 0 Å². The van der Waals surface area contributed by atoms with E-state index in [1.807, 2.05) is 17.9 Å². The third-order valence-electron chi connectivity index (χ3n) is 4.90. The molecule has 134 valence electrons. The van der Waals surface area contributed by atoms with Crippen LogP contribution in [0.4, 0.5) is 0 Å². The lowest BCUT2D eigenvalue weighted by Gasteiger charge is -2.36. The molecule has 1 aromatic rings. The van der Waals surface area contributed by atoms with Crippen molar-refractivity contribution in [3.05, 3.63) is 17.0 Å². The highest BCUT2D eigenvalue weighted by Gasteiger charge is 2.42. The number of likely N-dealkylation sites (N-methyl/N-ethyl adjacent to an activating group) is 1. The van der Waals surface area contributed by atoms with Crippen LogP contribution in [0, 0.1) is 6.92 Å². The van der Waals surface area contributed by atoms with Gasteiger partial charge in [0.2, 0.25) is 5.91 Å². The lowest BCUT2D eigenvalue weighted by Crippen LogP contribution is -2.54. The van der Waals surface area contributed by atoms with Crippen LogP contribution in [0.15, 0.2) is 16.3 Å². The summed E-state index contributed by atoms with van der Waals surface area (Å²) in [6.07, 6.45) is 1.37. The van der Waals surface area contributed by atoms with E-state index >= 15 is 0 Å². The molecule has 6 nitrogen and oxygen atoms in total. The van der Waals surface area contributed by atoms with Gasteiger partial charge in [0.15, 0.2) is 0 Å². The maximum Gasteiger partial charge on any atom is 0.253 e. The van der Waals surface area contributed by atoms with Gasteiger partial charge in [0.25, 0.3) is 10.0 Å². The molecule has 1 amide bonds. The molecule has 3 rings (SSSR count). The second kappa shape index (κ2) is 7.11. The third-order valence-corrected chi connectivity index (χ3v) is 8.27. The summed E-state index contributed by atoms with van der Waals surface area (Å²) in [5, 5.41) is 0. The monoisotopic (exact) mass is 371 g/mol. The van der Waals surface area contributed by atoms with Crippen molar-refractivity contribution in [3.8, 4) is 0 Å². The fourth-order valence-electron chi connectivity index (χ4n) is 3.44. The molecule has 0 spiro atoms. The van der Waals surface area contributed by atoms with Crippen LogP contribution in [0.25, 0.3) is 0 Å². The van der Waals surface area contributed by atoms with Crippen molar-refractivity contribution in [1.29, 1.82) is 0 Å². The minimum Gasteiger partial charge on any atom is -0.339 e. The van der Waals surface area contributed by atoms with Crippen LogP contribution in [0.1, 0.15) is 24.6 Å². The first-order valence-corrected chi connectivity index (χ1v) is 10.8. The number of carbonyl (C=O) groups excluding carboxylic acids is 1. The fraction of sp³-hybridized carbons (Fsp3) is 0.688. The SMILES string of the molecule is CCN1CCN(C(=O)C2CCCN2S(=O)(=O)c2ccc(C)s2)CC1. The van der Waals surface area contributed by atoms with Crippen LogP contribution in [0.2, 0.25) is 0 Å². The predicted octanol–water partition coefficient (Wildman–Crippen LogP) is 1.37. The quantitative estimate of drug-likeness (QED) is 0.802. The Bertz CT molecular complexity index is 693. The van der Waals surface area contributed by atoms with E-state index in [0.29, 0.717) is 30.3 Å². The molecule has 24 heavy (non-hydrogen) atoms. The van der Waals surface area contributed by atoms with E-state index in [-0.39, 0.29) is 5.91 Å². The molecular formula is C16H25N3O3S2. The number of amides is 1. The lowest BCUT2D eigenvalue weighted by molar-refractivity contribution is -0.136. The standard InChI is InChI=1S/C16H25N3O3S2/c1-3-17-9-11-18(12-10-17)16(20)14-5-4-8-19(14)24(21,22)15-7-6-13(2)23-15/h6-7,14H,3-5,8-12H2,1-2H3. The molecule has 2 fully saturated rings. The van der Waals surface area contributed by atoms with Crippen molar-refractivity contribution in [1.82, 2.24) is 14.1 Å². The molecule has 2 aliphatic heterocycles. The van der Waals surface area contributed by atoms with Gasteiger partial charge in [-0.1, -0.05) is 6.92 Å². The first-order valence-electron chi connectivity index (χ1n) is 8.53. The summed E-state index contributed by atoms with van der Waals surface area (Å²) >= 11 is 1.27. The topological polar surface area (TPSA) is 60.9 Å². The zero-order valence-corrected chi connectivity index (χ0v) is 15.9. The number of thiophene rings is 1. The van der Waals surface area contributed by atoms with Gasteiger partial charge in [0, 0.05) is 37.6 Å². The van der Waals surface area contributed by atoms with Crippen LogP contribution in [-0.2, 0) is 14.8 Å². The molecule has 8 heteroatoms. The minimum atomic E-state index is -3.57. The molecular weight excluding hydrogens is 346 g/mol. The van der Waals surface area contributed by atoms with Gasteiger partial charge >= 0.3 is 0 Å². The Morgan fingerprint density at radius 3 is 2.50 bits per heavy atom. The molecule has 0 bridgehead atoms. The molecule has 0 aliphatic carbocycles. The summed E-state index contributed by atoms with van der Waals surface area (Å²) in [4.78, 5) is 18.0. The Kier molecular flexibility index (Phi) is 5.29. The molecule has 1 unspecified atom stereocenters. The minimum absolute atomic E-state index is 0.0277. The van der Waals surface area contributed by atoms with Gasteiger partial charge in [-0.2, -0.15) is 4.31 Å². The van der Waals surface area contributed by atoms with E-state index in [0.717, 1.165) is 30.9 Å². The van der Waals surface area contributed by atoms with E-state index in [2.05, 4.69) is 11.8 Å². The van der Waals surface area contributed by atoms with Crippen molar-refractivity contribution in [3.63, 3.8) is 0 Å². The van der Waals surface area contributed by atoms with Crippen molar-refractivity contribution in [2.75, 3.05) is 39.3 Å². The Hall–Kier alpha value is -0.960. The van der Waals surface area contributed by atoms with Crippen LogP contribution >= 0.6 is 11.3 Å². The van der Waals surface area contributed by atoms with E-state index in [4.69, 9.17) is 0 Å². The lowest BCUT2D eigenvalue weighted by atomic mass is 10.2. The number of nitrogens with zero attached hydrogens (tertiary/aromatic N) is 3. The van der Waals surface area contributed by atoms with Crippen LogP contribution in [-0.4, -0.2) is 73.7 Å². The Morgan fingerprint density at radius 1 is 1.21 bits per heavy atom. The summed E-state index contributed by atoms with van der Waals surface area (Å²) in [6, 6.07) is 2.93. The highest BCUT2D eigenvalue weighted by Crippen LogP contribution is 2.31. The van der Waals surface area contributed by atoms with Crippen LogP contribution < -0.4 is 0 Å². The van der Waals surface area contributed by atoms with Crippen molar-refractivity contribution >= 4 is 27.3 Å². The van der Waals surface area contributed by atoms with Crippen molar-refractivity contribution in [2.24, 2.45) is 0 Å². The largest absolute Gasteiger partial charge is 0.339 e. The second-order valence-electron chi connectivity index (χ2n) is 6.40. The highest BCUT2D eigenvalue weighted by molar-refractivity contribution is 7.91. The summed E-state index contributed by atoms with van der Waals surface area (Å²) < 4.78 is 27.6. The Balaban J connectivity index is 1.75. The van der Waals surface area contributed by atoms with Gasteiger partial charge in [0.1, 0.15) is 10.3 Å². The first kappa shape index (κ1) is 17.8. The second-order valence-corrected chi connectivity index (χ2v) is 9.80. The molecule has 0 radical (unpaired) electrons. The van der Waals surface area contributed by atoms with Gasteiger partial charge in [0.05, 0.1) is 0 Å². The van der Waals surface area contributed by atoms with E-state index in [1.165, 1.54) is 15.6 Å². The van der Waals surface area contributed by atoms with Crippen LogP contribution in [0.5, 0.6) is 0 Å².